The van der Waals surface area contributed by atoms with Crippen LogP contribution in [0.3, 0.4) is 0 Å². The Morgan fingerprint density at radius 2 is 1.43 bits per heavy atom. The molecule has 4 saturated carbocycles. The lowest BCUT2D eigenvalue weighted by Gasteiger charge is -2.38. The molecule has 5 amide bonds. The first-order valence-electron chi connectivity index (χ1n) is 22.1. The average Bonchev–Trinajstić information content (AvgIpc) is 3.61. The Kier molecular flexibility index (Phi) is 11.5. The molecule has 4 aliphatic carbocycles. The summed E-state index contributed by atoms with van der Waals surface area (Å²) >= 11 is 0. The van der Waals surface area contributed by atoms with Gasteiger partial charge in [-0.25, -0.2) is 4.72 Å². The van der Waals surface area contributed by atoms with Crippen molar-refractivity contribution >= 4 is 39.7 Å². The summed E-state index contributed by atoms with van der Waals surface area (Å²) in [5.41, 5.74) is -2.77. The van der Waals surface area contributed by atoms with Crippen LogP contribution in [0.25, 0.3) is 0 Å². The standard InChI is InChI=1S/C43H69N7O7S/c1-8-29-25-43(29,38(55)47-58(56,57)49-23-14-15-24-49)46-35(52)31-26-42(40(5,6)41(42)20-16-21-41)27-50(31)37(54)33(39(2,3)4)45-36(53)32(28-17-10-9-11-18-28)44-34(51)30-19-12-13-22-48(30)7/h8,28-33H,1,9-27H2,2-7H3,(H,44,51)(H,45,53)(H,46,52)(H,47,55)/t29-,30+,31+,32+,33-,42-,43-/m1/s1. The summed E-state index contributed by atoms with van der Waals surface area (Å²) in [5.74, 6) is -2.77. The molecule has 14 nitrogen and oxygen atoms in total. The zero-order valence-electron chi connectivity index (χ0n) is 35.8. The number of hydrogen-bond acceptors (Lipinski definition) is 8. The fourth-order valence-electron chi connectivity index (χ4n) is 12.2. The monoisotopic (exact) mass is 827 g/mol. The largest absolute Gasteiger partial charge is 0.343 e. The topological polar surface area (TPSA) is 177 Å². The Morgan fingerprint density at radius 1 is 0.793 bits per heavy atom. The van der Waals surface area contributed by atoms with Crippen molar-refractivity contribution in [3.8, 4) is 0 Å². The number of piperidine rings is 1. The molecule has 58 heavy (non-hydrogen) atoms. The van der Waals surface area contributed by atoms with Gasteiger partial charge in [-0.15, -0.1) is 6.58 Å². The number of amides is 5. The summed E-state index contributed by atoms with van der Waals surface area (Å²) in [7, 11) is -2.16. The van der Waals surface area contributed by atoms with E-state index >= 15 is 4.79 Å². The van der Waals surface area contributed by atoms with Crippen molar-refractivity contribution in [3.05, 3.63) is 12.7 Å². The number of rotatable bonds is 12. The highest BCUT2D eigenvalue weighted by molar-refractivity contribution is 7.87. The number of carbonyl (C=O) groups is 5. The number of nitrogens with one attached hydrogen (secondary N) is 4. The van der Waals surface area contributed by atoms with Gasteiger partial charge in [0.2, 0.25) is 23.6 Å². The van der Waals surface area contributed by atoms with E-state index in [0.717, 1.165) is 77.2 Å². The first-order valence-corrected chi connectivity index (χ1v) is 23.6. The normalized spacial score (nSPS) is 33.1. The van der Waals surface area contributed by atoms with Crippen LogP contribution in [-0.2, 0) is 34.2 Å². The molecule has 7 atom stereocenters. The van der Waals surface area contributed by atoms with Crippen LogP contribution in [0.2, 0.25) is 0 Å². The van der Waals surface area contributed by atoms with E-state index in [9.17, 15) is 27.6 Å². The van der Waals surface area contributed by atoms with Crippen LogP contribution >= 0.6 is 0 Å². The third kappa shape index (κ3) is 7.20. The lowest BCUT2D eigenvalue weighted by molar-refractivity contribution is -0.145. The second kappa shape index (κ2) is 15.5. The molecule has 0 aromatic carbocycles. The molecule has 15 heteroatoms. The van der Waals surface area contributed by atoms with Gasteiger partial charge >= 0.3 is 10.2 Å². The minimum atomic E-state index is -4.10. The first-order chi connectivity index (χ1) is 27.2. The van der Waals surface area contributed by atoms with Gasteiger partial charge in [0.15, 0.2) is 0 Å². The second-order valence-corrected chi connectivity index (χ2v) is 22.2. The molecule has 3 saturated heterocycles. The van der Waals surface area contributed by atoms with E-state index in [1.54, 1.807) is 11.0 Å². The molecule has 4 N–H and O–H groups in total. The fourth-order valence-corrected chi connectivity index (χ4v) is 13.5. The summed E-state index contributed by atoms with van der Waals surface area (Å²) in [6.45, 7) is 15.8. The van der Waals surface area contributed by atoms with Gasteiger partial charge in [0.25, 0.3) is 5.91 Å². The molecule has 2 spiro atoms. The molecule has 7 aliphatic rings. The third-order valence-electron chi connectivity index (χ3n) is 16.2. The van der Waals surface area contributed by atoms with E-state index in [2.05, 4.69) is 46.0 Å². The number of likely N-dealkylation sites (N-methyl/N-ethyl adjacent to an activating group) is 1. The predicted molar refractivity (Wildman–Crippen MR) is 220 cm³/mol. The number of nitrogens with zero attached hydrogens (tertiary/aromatic N) is 3. The van der Waals surface area contributed by atoms with Crippen LogP contribution < -0.4 is 20.7 Å². The smallest absolute Gasteiger partial charge is 0.303 e. The predicted octanol–water partition coefficient (Wildman–Crippen LogP) is 3.38. The summed E-state index contributed by atoms with van der Waals surface area (Å²) in [6, 6.07) is -3.08. The highest BCUT2D eigenvalue weighted by Gasteiger charge is 2.85. The van der Waals surface area contributed by atoms with E-state index in [-0.39, 0.29) is 52.3 Å². The van der Waals surface area contributed by atoms with Crippen molar-refractivity contribution < 1.29 is 32.4 Å². The van der Waals surface area contributed by atoms with E-state index in [1.807, 2.05) is 27.8 Å². The summed E-state index contributed by atoms with van der Waals surface area (Å²) < 4.78 is 29.8. The van der Waals surface area contributed by atoms with Crippen molar-refractivity contribution in [2.45, 2.75) is 161 Å². The quantitative estimate of drug-likeness (QED) is 0.217. The SMILES string of the molecule is C=C[C@@H]1C[C@]1(NC(=O)[C@@H]1C[C@@]2(CN1C(=O)[C@@H](NC(=O)[C@@H](NC(=O)[C@@H]1CCCCN1C)C1CCCCC1)C(C)(C)C)C(C)(C)C21CCC1)C(=O)NS(=O)(=O)N1CCCC1. The van der Waals surface area contributed by atoms with Crippen LogP contribution in [-0.4, -0.2) is 115 Å². The van der Waals surface area contributed by atoms with Gasteiger partial charge in [0.1, 0.15) is 23.7 Å². The van der Waals surface area contributed by atoms with Gasteiger partial charge in [-0.3, -0.25) is 28.9 Å². The van der Waals surface area contributed by atoms with E-state index < -0.39 is 57.0 Å². The van der Waals surface area contributed by atoms with Crippen LogP contribution in [0.15, 0.2) is 12.7 Å². The molecule has 0 aromatic rings. The van der Waals surface area contributed by atoms with Crippen LogP contribution in [0, 0.1) is 33.5 Å². The van der Waals surface area contributed by atoms with Crippen LogP contribution in [0.5, 0.6) is 0 Å². The molecule has 0 unspecified atom stereocenters. The molecule has 7 rings (SSSR count). The Morgan fingerprint density at radius 3 is 1.98 bits per heavy atom. The molecule has 0 bridgehead atoms. The molecule has 7 fully saturated rings. The highest BCUT2D eigenvalue weighted by Crippen LogP contribution is 2.88. The van der Waals surface area contributed by atoms with Crippen molar-refractivity contribution in [3.63, 3.8) is 0 Å². The lowest BCUT2D eigenvalue weighted by Crippen LogP contribution is -2.63. The number of likely N-dealkylation sites (tertiary alicyclic amines) is 2. The van der Waals surface area contributed by atoms with Gasteiger partial charge in [0.05, 0.1) is 6.04 Å². The fraction of sp³-hybridized carbons (Fsp3) is 0.837. The van der Waals surface area contributed by atoms with Crippen LogP contribution in [0.4, 0.5) is 0 Å². The molecule has 3 aliphatic heterocycles. The van der Waals surface area contributed by atoms with Crippen molar-refractivity contribution in [1.29, 1.82) is 0 Å². The minimum absolute atomic E-state index is 0.0151. The first kappa shape index (κ1) is 43.1. The van der Waals surface area contributed by atoms with Gasteiger partial charge in [-0.1, -0.05) is 72.8 Å². The van der Waals surface area contributed by atoms with E-state index in [0.29, 0.717) is 38.9 Å². The van der Waals surface area contributed by atoms with Gasteiger partial charge in [-0.2, -0.15) is 12.7 Å². The van der Waals surface area contributed by atoms with E-state index in [4.69, 9.17) is 0 Å². The zero-order chi connectivity index (χ0) is 42.1. The Labute approximate surface area is 346 Å². The Bertz CT molecular complexity index is 1780. The van der Waals surface area contributed by atoms with Crippen molar-refractivity contribution in [1.82, 2.24) is 34.8 Å². The Balaban J connectivity index is 1.15. The maximum atomic E-state index is 15.2. The van der Waals surface area contributed by atoms with Crippen molar-refractivity contribution in [2.24, 2.45) is 33.5 Å². The molecular formula is C43H69N7O7S. The van der Waals surface area contributed by atoms with Gasteiger partial charge in [0, 0.05) is 31.0 Å². The molecule has 324 valence electrons. The highest BCUT2D eigenvalue weighted by atomic mass is 32.2. The molecule has 3 heterocycles. The average molecular weight is 828 g/mol. The maximum Gasteiger partial charge on any atom is 0.303 e. The van der Waals surface area contributed by atoms with Crippen molar-refractivity contribution in [2.75, 3.05) is 33.2 Å². The molecular weight excluding hydrogens is 759 g/mol. The van der Waals surface area contributed by atoms with E-state index in [1.165, 1.54) is 4.31 Å². The number of carbonyl (C=O) groups excluding carboxylic acids is 5. The summed E-state index contributed by atoms with van der Waals surface area (Å²) in [5, 5.41) is 9.25. The third-order valence-corrected chi connectivity index (χ3v) is 17.7. The minimum Gasteiger partial charge on any atom is -0.343 e. The van der Waals surface area contributed by atoms with Gasteiger partial charge < -0.3 is 20.9 Å². The number of fused-ring (bicyclic) bond motifs is 1. The lowest BCUT2D eigenvalue weighted by atomic mass is 9.73. The maximum absolute atomic E-state index is 15.2. The number of hydrogen-bond donors (Lipinski definition) is 4. The van der Waals surface area contributed by atoms with Gasteiger partial charge in [-0.05, 0) is 100.0 Å². The molecule has 0 aromatic heterocycles. The Hall–Kier alpha value is -3.04. The zero-order valence-corrected chi connectivity index (χ0v) is 36.6. The van der Waals surface area contributed by atoms with Crippen LogP contribution in [0.1, 0.15) is 131 Å². The molecule has 0 radical (unpaired) electrons. The second-order valence-electron chi connectivity index (χ2n) is 20.6. The summed E-state index contributed by atoms with van der Waals surface area (Å²) in [4.78, 5) is 75.9. The summed E-state index contributed by atoms with van der Waals surface area (Å²) in [6.07, 6.45) is 14.0.